The molecule has 2 fully saturated rings. The summed E-state index contributed by atoms with van der Waals surface area (Å²) in [5, 5.41) is 9.17. The molecule has 0 aromatic rings. The molecule has 2 amide bonds. The van der Waals surface area contributed by atoms with E-state index in [0.29, 0.717) is 5.06 Å². The Labute approximate surface area is 113 Å². The first-order chi connectivity index (χ1) is 9.33. The summed E-state index contributed by atoms with van der Waals surface area (Å²) in [5.41, 5.74) is -2.31. The number of nitrogens with zero attached hydrogens (tertiary/aromatic N) is 1. The molecule has 8 heteroatoms. The van der Waals surface area contributed by atoms with E-state index in [1.165, 1.54) is 0 Å². The maximum Gasteiger partial charge on any atom is 0.341 e. The van der Waals surface area contributed by atoms with Gasteiger partial charge in [0.15, 0.2) is 0 Å². The zero-order valence-electron chi connectivity index (χ0n) is 10.6. The van der Waals surface area contributed by atoms with E-state index in [2.05, 4.69) is 0 Å². The van der Waals surface area contributed by atoms with Gasteiger partial charge in [-0.25, -0.2) is 14.0 Å². The van der Waals surface area contributed by atoms with Gasteiger partial charge >= 0.3 is 11.9 Å². The van der Waals surface area contributed by atoms with Gasteiger partial charge in [0.25, 0.3) is 11.8 Å². The summed E-state index contributed by atoms with van der Waals surface area (Å²) in [4.78, 5) is 49.8. The Morgan fingerprint density at radius 3 is 2.15 bits per heavy atom. The van der Waals surface area contributed by atoms with Crippen LogP contribution in [0.1, 0.15) is 38.5 Å². The Balaban J connectivity index is 1.91. The van der Waals surface area contributed by atoms with Crippen molar-refractivity contribution >= 4 is 23.8 Å². The van der Waals surface area contributed by atoms with Crippen molar-refractivity contribution in [2.24, 2.45) is 5.92 Å². The molecular formula is C12H14FNO6. The number of carboxylic acid groups (broad SMARTS) is 1. The number of halogens is 1. The van der Waals surface area contributed by atoms with Crippen LogP contribution in [-0.2, 0) is 24.0 Å². The van der Waals surface area contributed by atoms with Crippen LogP contribution in [0.25, 0.3) is 0 Å². The molecule has 1 aliphatic carbocycles. The van der Waals surface area contributed by atoms with E-state index >= 15 is 0 Å². The number of hydroxylamine groups is 2. The third kappa shape index (κ3) is 2.63. The average molecular weight is 287 g/mol. The molecule has 1 N–H and O–H groups in total. The molecule has 2 aliphatic rings. The number of hydrogen-bond acceptors (Lipinski definition) is 5. The Morgan fingerprint density at radius 1 is 1.20 bits per heavy atom. The highest BCUT2D eigenvalue weighted by Gasteiger charge is 2.45. The van der Waals surface area contributed by atoms with Crippen LogP contribution >= 0.6 is 0 Å². The number of rotatable bonds is 3. The van der Waals surface area contributed by atoms with Gasteiger partial charge in [-0.3, -0.25) is 9.59 Å². The van der Waals surface area contributed by atoms with Crippen LogP contribution in [0.5, 0.6) is 0 Å². The van der Waals surface area contributed by atoms with E-state index < -0.39 is 35.3 Å². The third-order valence-corrected chi connectivity index (χ3v) is 3.68. The van der Waals surface area contributed by atoms with Crippen LogP contribution in [0.3, 0.4) is 0 Å². The molecule has 20 heavy (non-hydrogen) atoms. The number of alkyl halides is 1. The number of hydrogen-bond donors (Lipinski definition) is 1. The largest absolute Gasteiger partial charge is 0.479 e. The molecule has 1 aliphatic heterocycles. The van der Waals surface area contributed by atoms with E-state index in [9.17, 15) is 23.6 Å². The van der Waals surface area contributed by atoms with Gasteiger partial charge in [-0.05, 0) is 25.7 Å². The molecule has 1 saturated heterocycles. The monoisotopic (exact) mass is 287 g/mol. The fourth-order valence-corrected chi connectivity index (χ4v) is 2.35. The molecule has 0 bridgehead atoms. The van der Waals surface area contributed by atoms with Crippen LogP contribution in [0, 0.1) is 5.92 Å². The van der Waals surface area contributed by atoms with Gasteiger partial charge in [-0.15, -0.1) is 5.06 Å². The van der Waals surface area contributed by atoms with Gasteiger partial charge in [0.05, 0.1) is 5.92 Å². The molecule has 0 aromatic heterocycles. The molecule has 0 radical (unpaired) electrons. The lowest BCUT2D eigenvalue weighted by atomic mass is 9.80. The number of carboxylic acids is 1. The minimum Gasteiger partial charge on any atom is -0.479 e. The summed E-state index contributed by atoms with van der Waals surface area (Å²) < 4.78 is 13.8. The Morgan fingerprint density at radius 2 is 1.70 bits per heavy atom. The summed E-state index contributed by atoms with van der Waals surface area (Å²) in [6, 6.07) is 0. The van der Waals surface area contributed by atoms with Gasteiger partial charge in [-0.1, -0.05) is 0 Å². The van der Waals surface area contributed by atoms with Gasteiger partial charge in [0, 0.05) is 12.8 Å². The highest BCUT2D eigenvalue weighted by Crippen LogP contribution is 2.36. The summed E-state index contributed by atoms with van der Waals surface area (Å²) >= 11 is 0. The zero-order chi connectivity index (χ0) is 14.9. The van der Waals surface area contributed by atoms with E-state index in [1.54, 1.807) is 0 Å². The first-order valence-corrected chi connectivity index (χ1v) is 6.33. The highest BCUT2D eigenvalue weighted by atomic mass is 19.1. The quantitative estimate of drug-likeness (QED) is 0.762. The lowest BCUT2D eigenvalue weighted by molar-refractivity contribution is -0.202. The van der Waals surface area contributed by atoms with Crippen LogP contribution in [-0.4, -0.2) is 39.6 Å². The average Bonchev–Trinajstić information content (AvgIpc) is 2.71. The number of amides is 2. The summed E-state index contributed by atoms with van der Waals surface area (Å²) in [6.45, 7) is 0. The first kappa shape index (κ1) is 14.4. The second-order valence-electron chi connectivity index (χ2n) is 5.04. The third-order valence-electron chi connectivity index (χ3n) is 3.68. The zero-order valence-corrected chi connectivity index (χ0v) is 10.6. The van der Waals surface area contributed by atoms with Crippen LogP contribution < -0.4 is 0 Å². The number of carbonyl (C=O) groups excluding carboxylic acids is 3. The summed E-state index contributed by atoms with van der Waals surface area (Å²) in [6.07, 6.45) is -0.545. The molecule has 1 heterocycles. The van der Waals surface area contributed by atoms with E-state index in [0.717, 1.165) is 0 Å². The van der Waals surface area contributed by atoms with Crippen molar-refractivity contribution < 1.29 is 33.5 Å². The topological polar surface area (TPSA) is 101 Å². The number of carbonyl (C=O) groups is 4. The van der Waals surface area contributed by atoms with Crippen molar-refractivity contribution in [3.8, 4) is 0 Å². The van der Waals surface area contributed by atoms with E-state index in [1.807, 2.05) is 0 Å². The lowest BCUT2D eigenvalue weighted by Gasteiger charge is -2.29. The van der Waals surface area contributed by atoms with Gasteiger partial charge in [-0.2, -0.15) is 0 Å². The second kappa shape index (κ2) is 5.18. The van der Waals surface area contributed by atoms with Gasteiger partial charge in [0.1, 0.15) is 0 Å². The molecule has 0 unspecified atom stereocenters. The van der Waals surface area contributed by atoms with Crippen molar-refractivity contribution in [3.05, 3.63) is 0 Å². The smallest absolute Gasteiger partial charge is 0.341 e. The van der Waals surface area contributed by atoms with E-state index in [4.69, 9.17) is 9.94 Å². The Kier molecular flexibility index (Phi) is 3.74. The van der Waals surface area contributed by atoms with Crippen molar-refractivity contribution in [1.29, 1.82) is 0 Å². The second-order valence-corrected chi connectivity index (χ2v) is 5.04. The van der Waals surface area contributed by atoms with Crippen LogP contribution in [0.4, 0.5) is 4.39 Å². The fourth-order valence-electron chi connectivity index (χ4n) is 2.35. The van der Waals surface area contributed by atoms with Crippen molar-refractivity contribution in [1.82, 2.24) is 5.06 Å². The Bertz CT molecular complexity index is 453. The van der Waals surface area contributed by atoms with Crippen LogP contribution in [0.15, 0.2) is 0 Å². The molecular weight excluding hydrogens is 273 g/mol. The predicted molar refractivity (Wildman–Crippen MR) is 60.6 cm³/mol. The molecule has 0 atom stereocenters. The summed E-state index contributed by atoms with van der Waals surface area (Å²) in [7, 11) is 0. The minimum absolute atomic E-state index is 0.00336. The molecule has 2 rings (SSSR count). The Hall–Kier alpha value is -1.99. The van der Waals surface area contributed by atoms with Crippen LogP contribution in [0.2, 0.25) is 0 Å². The van der Waals surface area contributed by atoms with Crippen molar-refractivity contribution in [3.63, 3.8) is 0 Å². The minimum atomic E-state index is -2.31. The standard InChI is InChI=1S/C12H14FNO6/c13-12(11(18)19)5-3-7(4-6-12)10(17)20-14-8(15)1-2-9(14)16/h7H,1-6H2,(H,18,19). The van der Waals surface area contributed by atoms with Crippen molar-refractivity contribution in [2.45, 2.75) is 44.2 Å². The highest BCUT2D eigenvalue weighted by molar-refractivity contribution is 6.01. The van der Waals surface area contributed by atoms with Gasteiger partial charge < -0.3 is 9.94 Å². The molecule has 0 aromatic carbocycles. The van der Waals surface area contributed by atoms with E-state index in [-0.39, 0.29) is 38.5 Å². The van der Waals surface area contributed by atoms with Gasteiger partial charge in [0.2, 0.25) is 5.67 Å². The van der Waals surface area contributed by atoms with Crippen molar-refractivity contribution in [2.75, 3.05) is 0 Å². The fraction of sp³-hybridized carbons (Fsp3) is 0.667. The predicted octanol–water partition coefficient (Wildman–Crippen LogP) is 0.577. The molecule has 0 spiro atoms. The number of aliphatic carboxylic acids is 1. The lowest BCUT2D eigenvalue weighted by Crippen LogP contribution is -2.41. The summed E-state index contributed by atoms with van der Waals surface area (Å²) in [5.74, 6) is -4.18. The normalized spacial score (nSPS) is 30.4. The maximum absolute atomic E-state index is 13.8. The number of imide groups is 1. The molecule has 110 valence electrons. The molecule has 7 nitrogen and oxygen atoms in total. The maximum atomic E-state index is 13.8. The molecule has 1 saturated carbocycles. The SMILES string of the molecule is O=C(ON1C(=O)CCC1=O)C1CCC(F)(C(=O)O)CC1. The first-order valence-electron chi connectivity index (χ1n) is 6.33.